The summed E-state index contributed by atoms with van der Waals surface area (Å²) in [6, 6.07) is 31.9. The minimum Gasteiger partial charge on any atom is -0.423 e. The normalized spacial score (nSPS) is 11.2. The van der Waals surface area contributed by atoms with E-state index in [0.717, 1.165) is 63.3 Å². The van der Waals surface area contributed by atoms with Crippen molar-refractivity contribution < 1.29 is 36.4 Å². The van der Waals surface area contributed by atoms with Crippen LogP contribution in [0.3, 0.4) is 0 Å². The minimum atomic E-state index is -4.34. The molecular weight excluding hydrogens is 777 g/mol. The van der Waals surface area contributed by atoms with Crippen molar-refractivity contribution in [2.45, 2.75) is 25.2 Å². The van der Waals surface area contributed by atoms with Crippen LogP contribution in [0.25, 0.3) is 28.5 Å². The number of rotatable bonds is 8. The van der Waals surface area contributed by atoms with Crippen LogP contribution in [0.4, 0.5) is 26.3 Å². The highest BCUT2D eigenvalue weighted by molar-refractivity contribution is 6.58. The number of aromatic amines is 1. The third-order valence-electron chi connectivity index (χ3n) is 8.53. The molecule has 59 heavy (non-hydrogen) atoms. The van der Waals surface area contributed by atoms with Crippen molar-refractivity contribution in [2.24, 2.45) is 0 Å². The predicted molar refractivity (Wildman–Crippen MR) is 205 cm³/mol. The van der Waals surface area contributed by atoms with Gasteiger partial charge in [-0.05, 0) is 99.5 Å². The van der Waals surface area contributed by atoms with Gasteiger partial charge in [0.2, 0.25) is 11.6 Å². The molecule has 0 atom stereocenters. The van der Waals surface area contributed by atoms with E-state index in [1.54, 1.807) is 36.7 Å². The maximum absolute atomic E-state index is 12.7. The Hall–Kier alpha value is -7.12. The van der Waals surface area contributed by atoms with Gasteiger partial charge in [-0.1, -0.05) is 72.8 Å². The SMILES string of the molecule is FC(F)(F)c1ccc(Cc2ccccc2-c2nn[nH]n2)cc1.FC(F)(F)c1ccc(Cc2ccccc2-c2nnn(-c3ccncc3)n2)cc1.OB(O)c1ccncc1. The first-order valence-electron chi connectivity index (χ1n) is 17.5. The first-order valence-corrected chi connectivity index (χ1v) is 17.5. The second-order valence-electron chi connectivity index (χ2n) is 12.6. The number of tetrazole rings is 2. The molecule has 4 heterocycles. The van der Waals surface area contributed by atoms with E-state index >= 15 is 0 Å². The van der Waals surface area contributed by atoms with Gasteiger partial charge in [0.05, 0.1) is 16.8 Å². The van der Waals surface area contributed by atoms with Gasteiger partial charge in [-0.15, -0.1) is 25.2 Å². The Bertz CT molecular complexity index is 2510. The Morgan fingerprint density at radius 3 is 1.47 bits per heavy atom. The molecule has 0 unspecified atom stereocenters. The van der Waals surface area contributed by atoms with Crippen LogP contribution >= 0.6 is 0 Å². The molecule has 3 N–H and O–H groups in total. The molecular formula is C40H31BF6N10O2. The topological polar surface area (TPSA) is 164 Å². The molecule has 19 heteroatoms. The lowest BCUT2D eigenvalue weighted by atomic mass is 9.81. The molecule has 0 aliphatic carbocycles. The number of hydrogen-bond acceptors (Lipinski definition) is 10. The molecule has 0 aliphatic heterocycles. The van der Waals surface area contributed by atoms with E-state index in [0.29, 0.717) is 30.0 Å². The van der Waals surface area contributed by atoms with Crippen LogP contribution in [-0.4, -0.2) is 68.0 Å². The number of nitrogens with one attached hydrogen (secondary N) is 1. The molecule has 0 spiro atoms. The maximum atomic E-state index is 12.7. The van der Waals surface area contributed by atoms with E-state index in [1.165, 1.54) is 41.5 Å². The Morgan fingerprint density at radius 1 is 0.559 bits per heavy atom. The van der Waals surface area contributed by atoms with Crippen molar-refractivity contribution in [1.29, 1.82) is 0 Å². The number of nitrogens with zero attached hydrogens (tertiary/aromatic N) is 9. The van der Waals surface area contributed by atoms with Gasteiger partial charge in [-0.25, -0.2) is 0 Å². The van der Waals surface area contributed by atoms with Gasteiger partial charge in [0, 0.05) is 35.9 Å². The summed E-state index contributed by atoms with van der Waals surface area (Å²) in [4.78, 5) is 9.07. The second-order valence-corrected chi connectivity index (χ2v) is 12.6. The third kappa shape index (κ3) is 11.5. The van der Waals surface area contributed by atoms with E-state index in [2.05, 4.69) is 46.0 Å². The third-order valence-corrected chi connectivity index (χ3v) is 8.53. The first kappa shape index (κ1) is 41.5. The van der Waals surface area contributed by atoms with Crippen LogP contribution in [0, 0.1) is 0 Å². The van der Waals surface area contributed by atoms with E-state index in [1.807, 2.05) is 48.5 Å². The van der Waals surface area contributed by atoms with E-state index in [-0.39, 0.29) is 0 Å². The molecule has 0 amide bonds. The fourth-order valence-electron chi connectivity index (χ4n) is 5.57. The quantitative estimate of drug-likeness (QED) is 0.113. The van der Waals surface area contributed by atoms with Gasteiger partial charge in [-0.3, -0.25) is 9.97 Å². The summed E-state index contributed by atoms with van der Waals surface area (Å²) in [6.45, 7) is 0. The fraction of sp³-hybridized carbons (Fsp3) is 0.100. The van der Waals surface area contributed by atoms with E-state index < -0.39 is 30.6 Å². The van der Waals surface area contributed by atoms with Crippen molar-refractivity contribution in [1.82, 2.24) is 50.8 Å². The number of aromatic nitrogens is 10. The van der Waals surface area contributed by atoms with Gasteiger partial charge in [0.25, 0.3) is 0 Å². The van der Waals surface area contributed by atoms with Crippen molar-refractivity contribution in [3.05, 3.63) is 179 Å². The summed E-state index contributed by atoms with van der Waals surface area (Å²) < 4.78 is 75.9. The molecule has 12 nitrogen and oxygen atoms in total. The largest absolute Gasteiger partial charge is 0.488 e. The summed E-state index contributed by atoms with van der Waals surface area (Å²) in [7, 11) is -1.38. The number of H-pyrrole nitrogens is 1. The zero-order valence-corrected chi connectivity index (χ0v) is 30.5. The highest BCUT2D eigenvalue weighted by atomic mass is 19.4. The first-order chi connectivity index (χ1) is 28.3. The zero-order chi connectivity index (χ0) is 41.8. The van der Waals surface area contributed by atoms with Crippen LogP contribution in [0.15, 0.2) is 146 Å². The van der Waals surface area contributed by atoms with Crippen LogP contribution in [0.1, 0.15) is 33.4 Å². The number of halogens is 6. The van der Waals surface area contributed by atoms with Gasteiger partial charge >= 0.3 is 19.5 Å². The number of alkyl halides is 6. The van der Waals surface area contributed by atoms with Crippen molar-refractivity contribution in [2.75, 3.05) is 0 Å². The molecule has 0 aliphatic rings. The summed E-state index contributed by atoms with van der Waals surface area (Å²) in [6.07, 6.45) is -1.43. The molecule has 0 radical (unpaired) electrons. The maximum Gasteiger partial charge on any atom is 0.488 e. The Kier molecular flexibility index (Phi) is 13.3. The summed E-state index contributed by atoms with van der Waals surface area (Å²) in [5, 5.41) is 43.5. The van der Waals surface area contributed by atoms with Gasteiger partial charge in [0.1, 0.15) is 0 Å². The van der Waals surface area contributed by atoms with Crippen LogP contribution in [-0.2, 0) is 25.2 Å². The molecule has 4 aromatic heterocycles. The van der Waals surface area contributed by atoms with E-state index in [9.17, 15) is 26.3 Å². The smallest absolute Gasteiger partial charge is 0.423 e. The van der Waals surface area contributed by atoms with Crippen molar-refractivity contribution >= 4 is 12.6 Å². The summed E-state index contributed by atoms with van der Waals surface area (Å²) in [5.41, 5.74) is 4.83. The van der Waals surface area contributed by atoms with Gasteiger partial charge in [-0.2, -0.15) is 31.6 Å². The Morgan fingerprint density at radius 2 is 1.03 bits per heavy atom. The summed E-state index contributed by atoms with van der Waals surface area (Å²) in [5.74, 6) is 0.904. The fourth-order valence-corrected chi connectivity index (χ4v) is 5.57. The highest BCUT2D eigenvalue weighted by Crippen LogP contribution is 2.31. The Balaban J connectivity index is 0.000000167. The molecule has 0 saturated heterocycles. The molecule has 8 rings (SSSR count). The molecule has 298 valence electrons. The standard InChI is InChI=1S/C20H14F3N5.C15H11F3N4.C5H6BNO2/c21-20(22,23)16-7-5-14(6-8-16)13-15-3-1-2-4-18(15)19-25-27-28(26-19)17-9-11-24-12-10-17;16-15(17,18)12-7-5-10(6-8-12)9-11-3-1-2-4-13(11)14-19-21-22-20-14;8-6(9)5-1-3-7-4-2-5/h1-12H,13H2;1-8H,9H2,(H,19,20,21,22);1-4,8-9H. The number of pyridine rings is 2. The molecule has 0 saturated carbocycles. The number of hydrogen-bond donors (Lipinski definition) is 3. The monoisotopic (exact) mass is 808 g/mol. The zero-order valence-electron chi connectivity index (χ0n) is 30.5. The van der Waals surface area contributed by atoms with Crippen molar-refractivity contribution in [3.63, 3.8) is 0 Å². The van der Waals surface area contributed by atoms with Gasteiger partial charge in [0.15, 0.2) is 0 Å². The van der Waals surface area contributed by atoms with Crippen molar-refractivity contribution in [3.8, 4) is 28.5 Å². The van der Waals surface area contributed by atoms with Crippen LogP contribution in [0.2, 0.25) is 0 Å². The number of benzene rings is 4. The molecule has 0 bridgehead atoms. The predicted octanol–water partition coefficient (Wildman–Crippen LogP) is 6.57. The highest BCUT2D eigenvalue weighted by Gasteiger charge is 2.30. The molecule has 8 aromatic rings. The minimum absolute atomic E-state index is 0.444. The van der Waals surface area contributed by atoms with E-state index in [4.69, 9.17) is 10.0 Å². The van der Waals surface area contributed by atoms with Gasteiger partial charge < -0.3 is 10.0 Å². The lowest BCUT2D eigenvalue weighted by Gasteiger charge is -2.09. The Labute approximate surface area is 332 Å². The van der Waals surface area contributed by atoms with Crippen LogP contribution in [0.5, 0.6) is 0 Å². The lowest BCUT2D eigenvalue weighted by molar-refractivity contribution is -0.138. The van der Waals surface area contributed by atoms with Crippen LogP contribution < -0.4 is 5.46 Å². The second kappa shape index (κ2) is 18.9. The summed E-state index contributed by atoms with van der Waals surface area (Å²) >= 11 is 0. The molecule has 4 aromatic carbocycles. The lowest BCUT2D eigenvalue weighted by Crippen LogP contribution is -2.29. The average Bonchev–Trinajstić information content (AvgIpc) is 3.97. The molecule has 0 fully saturated rings. The average molecular weight is 809 g/mol.